The molecule has 0 spiro atoms. The van der Waals surface area contributed by atoms with E-state index in [1.54, 1.807) is 30.3 Å². The second kappa shape index (κ2) is 9.95. The molecule has 0 atom stereocenters. The molecule has 1 aliphatic heterocycles. The van der Waals surface area contributed by atoms with Crippen LogP contribution in [-0.2, 0) is 14.8 Å². The normalized spacial score (nSPS) is 14.7. The van der Waals surface area contributed by atoms with Gasteiger partial charge in [-0.3, -0.25) is 4.79 Å². The number of methoxy groups -OCH3 is 1. The number of carbonyl (C=O) groups is 1. The van der Waals surface area contributed by atoms with Gasteiger partial charge in [0, 0.05) is 23.7 Å². The van der Waals surface area contributed by atoms with Crippen LogP contribution in [0.15, 0.2) is 52.3 Å². The summed E-state index contributed by atoms with van der Waals surface area (Å²) in [6.07, 6.45) is 0. The molecular weight excluding hydrogens is 426 g/mol. The molecule has 0 saturated carbocycles. The molecule has 1 fully saturated rings. The first-order chi connectivity index (χ1) is 14.5. The number of anilines is 1. The van der Waals surface area contributed by atoms with Gasteiger partial charge in [0.2, 0.25) is 10.0 Å². The summed E-state index contributed by atoms with van der Waals surface area (Å²) < 4.78 is 38.0. The number of nitriles is 1. The first kappa shape index (κ1) is 22.1. The fraction of sp³-hybridized carbons (Fsp3) is 0.300. The summed E-state index contributed by atoms with van der Waals surface area (Å²) in [7, 11) is -2.41. The highest BCUT2D eigenvalue weighted by molar-refractivity contribution is 7.99. The van der Waals surface area contributed by atoms with Crippen molar-refractivity contribution in [2.75, 3.05) is 44.5 Å². The molecule has 0 aliphatic carbocycles. The Morgan fingerprint density at radius 1 is 1.27 bits per heavy atom. The molecular formula is C20H21N3O5S2. The van der Waals surface area contributed by atoms with Crippen LogP contribution in [0, 0.1) is 11.3 Å². The molecule has 0 bridgehead atoms. The first-order valence-electron chi connectivity index (χ1n) is 9.13. The van der Waals surface area contributed by atoms with Crippen LogP contribution in [0.1, 0.15) is 10.4 Å². The number of ether oxygens (including phenoxy) is 2. The maximum atomic E-state index is 13.1. The van der Waals surface area contributed by atoms with Gasteiger partial charge in [0.1, 0.15) is 10.6 Å². The molecule has 8 nitrogen and oxygen atoms in total. The lowest BCUT2D eigenvalue weighted by Crippen LogP contribution is -2.40. The van der Waals surface area contributed by atoms with Crippen LogP contribution in [0.3, 0.4) is 0 Å². The summed E-state index contributed by atoms with van der Waals surface area (Å²) in [5.41, 5.74) is 0.735. The quantitative estimate of drug-likeness (QED) is 0.650. The number of nitrogens with zero attached hydrogens (tertiary/aromatic N) is 2. The molecule has 158 valence electrons. The first-order valence-corrected chi connectivity index (χ1v) is 11.6. The van der Waals surface area contributed by atoms with E-state index >= 15 is 0 Å². The molecule has 1 N–H and O–H groups in total. The van der Waals surface area contributed by atoms with Gasteiger partial charge in [-0.05, 0) is 30.3 Å². The topological polar surface area (TPSA) is 109 Å². The van der Waals surface area contributed by atoms with Crippen molar-refractivity contribution >= 4 is 33.4 Å². The Morgan fingerprint density at radius 2 is 2.00 bits per heavy atom. The average molecular weight is 448 g/mol. The molecule has 3 rings (SSSR count). The monoisotopic (exact) mass is 447 g/mol. The van der Waals surface area contributed by atoms with Gasteiger partial charge in [0.05, 0.1) is 37.7 Å². The third-order valence-electron chi connectivity index (χ3n) is 4.43. The standard InChI is InChI=1S/C20H21N3O5S2/c1-27-17-7-6-15(14-19(17)30(25,26)23-9-11-28-12-10-23)22-20(24)16-4-2-3-5-18(16)29-13-8-21/h2-7,14H,9-13H2,1H3,(H,22,24). The minimum Gasteiger partial charge on any atom is -0.495 e. The van der Waals surface area contributed by atoms with Crippen molar-refractivity contribution in [3.05, 3.63) is 48.0 Å². The molecule has 10 heteroatoms. The van der Waals surface area contributed by atoms with Gasteiger partial charge >= 0.3 is 0 Å². The van der Waals surface area contributed by atoms with Crippen molar-refractivity contribution in [2.45, 2.75) is 9.79 Å². The minimum atomic E-state index is -3.81. The van der Waals surface area contributed by atoms with E-state index in [4.69, 9.17) is 14.7 Å². The SMILES string of the molecule is COc1ccc(NC(=O)c2ccccc2SCC#N)cc1S(=O)(=O)N1CCOCC1. The molecule has 0 unspecified atom stereocenters. The van der Waals surface area contributed by atoms with Gasteiger partial charge in [-0.2, -0.15) is 9.57 Å². The Kier molecular flexibility index (Phi) is 7.33. The van der Waals surface area contributed by atoms with E-state index < -0.39 is 15.9 Å². The number of hydrogen-bond acceptors (Lipinski definition) is 7. The van der Waals surface area contributed by atoms with Crippen molar-refractivity contribution in [1.29, 1.82) is 5.26 Å². The van der Waals surface area contributed by atoms with Gasteiger partial charge in [-0.15, -0.1) is 11.8 Å². The molecule has 0 radical (unpaired) electrons. The summed E-state index contributed by atoms with van der Waals surface area (Å²) in [5.74, 6) is 0.0230. The zero-order valence-corrected chi connectivity index (χ0v) is 18.0. The molecule has 1 saturated heterocycles. The van der Waals surface area contributed by atoms with Crippen LogP contribution < -0.4 is 10.1 Å². The van der Waals surface area contributed by atoms with Crippen molar-refractivity contribution in [1.82, 2.24) is 4.31 Å². The van der Waals surface area contributed by atoms with E-state index in [0.29, 0.717) is 29.4 Å². The third-order valence-corrected chi connectivity index (χ3v) is 7.29. The molecule has 1 amide bonds. The molecule has 2 aromatic rings. The van der Waals surface area contributed by atoms with Crippen molar-refractivity contribution in [3.8, 4) is 11.8 Å². The Hall–Kier alpha value is -2.58. The van der Waals surface area contributed by atoms with Crippen LogP contribution in [0.4, 0.5) is 5.69 Å². The zero-order chi connectivity index (χ0) is 21.6. The lowest BCUT2D eigenvalue weighted by molar-refractivity contribution is 0.0729. The highest BCUT2D eigenvalue weighted by Crippen LogP contribution is 2.31. The summed E-state index contributed by atoms with van der Waals surface area (Å²) in [6, 6.07) is 13.5. The second-order valence-electron chi connectivity index (χ2n) is 6.28. The Morgan fingerprint density at radius 3 is 2.70 bits per heavy atom. The predicted molar refractivity (Wildman–Crippen MR) is 113 cm³/mol. The smallest absolute Gasteiger partial charge is 0.256 e. The van der Waals surface area contributed by atoms with Gasteiger partial charge < -0.3 is 14.8 Å². The van der Waals surface area contributed by atoms with Crippen molar-refractivity contribution in [3.63, 3.8) is 0 Å². The van der Waals surface area contributed by atoms with Gasteiger partial charge in [-0.25, -0.2) is 8.42 Å². The molecule has 2 aromatic carbocycles. The van der Waals surface area contributed by atoms with E-state index in [9.17, 15) is 13.2 Å². The minimum absolute atomic E-state index is 0.0168. The number of benzene rings is 2. The van der Waals surface area contributed by atoms with E-state index in [0.717, 1.165) is 0 Å². The van der Waals surface area contributed by atoms with E-state index in [1.165, 1.54) is 35.3 Å². The highest BCUT2D eigenvalue weighted by Gasteiger charge is 2.29. The number of amides is 1. The van der Waals surface area contributed by atoms with Crippen LogP contribution in [-0.4, -0.2) is 57.8 Å². The van der Waals surface area contributed by atoms with Crippen LogP contribution in [0.25, 0.3) is 0 Å². The summed E-state index contributed by atoms with van der Waals surface area (Å²) in [5, 5.41) is 11.5. The van der Waals surface area contributed by atoms with Crippen LogP contribution in [0.2, 0.25) is 0 Å². The van der Waals surface area contributed by atoms with Crippen LogP contribution in [0.5, 0.6) is 5.75 Å². The largest absolute Gasteiger partial charge is 0.495 e. The highest BCUT2D eigenvalue weighted by atomic mass is 32.2. The molecule has 30 heavy (non-hydrogen) atoms. The number of morpholine rings is 1. The van der Waals surface area contributed by atoms with E-state index in [2.05, 4.69) is 5.32 Å². The molecule has 1 aliphatic rings. The van der Waals surface area contributed by atoms with Gasteiger partial charge in [-0.1, -0.05) is 12.1 Å². The summed E-state index contributed by atoms with van der Waals surface area (Å²) >= 11 is 1.26. The maximum absolute atomic E-state index is 13.1. The molecule has 1 heterocycles. The number of nitrogens with one attached hydrogen (secondary N) is 1. The number of hydrogen-bond donors (Lipinski definition) is 1. The Bertz CT molecular complexity index is 1060. The maximum Gasteiger partial charge on any atom is 0.256 e. The number of thioether (sulfide) groups is 1. The second-order valence-corrected chi connectivity index (χ2v) is 9.20. The average Bonchev–Trinajstić information content (AvgIpc) is 2.78. The predicted octanol–water partition coefficient (Wildman–Crippen LogP) is 2.58. The van der Waals surface area contributed by atoms with Gasteiger partial charge in [0.25, 0.3) is 5.91 Å². The van der Waals surface area contributed by atoms with Gasteiger partial charge in [0.15, 0.2) is 0 Å². The third kappa shape index (κ3) is 4.94. The fourth-order valence-electron chi connectivity index (χ4n) is 2.97. The Balaban J connectivity index is 1.89. The van der Waals surface area contributed by atoms with Crippen LogP contribution >= 0.6 is 11.8 Å². The van der Waals surface area contributed by atoms with E-state index in [1.807, 2.05) is 6.07 Å². The van der Waals surface area contributed by atoms with Crippen molar-refractivity contribution in [2.24, 2.45) is 0 Å². The van der Waals surface area contributed by atoms with Crippen molar-refractivity contribution < 1.29 is 22.7 Å². The Labute approximate surface area is 179 Å². The zero-order valence-electron chi connectivity index (χ0n) is 16.3. The number of sulfonamides is 1. The molecule has 0 aromatic heterocycles. The summed E-state index contributed by atoms with van der Waals surface area (Å²) in [6.45, 7) is 1.17. The van der Waals surface area contributed by atoms with E-state index in [-0.39, 0.29) is 29.5 Å². The lowest BCUT2D eigenvalue weighted by atomic mass is 10.2. The lowest BCUT2D eigenvalue weighted by Gasteiger charge is -2.26. The number of rotatable bonds is 7. The fourth-order valence-corrected chi connectivity index (χ4v) is 5.27. The number of carbonyl (C=O) groups excluding carboxylic acids is 1. The summed E-state index contributed by atoms with van der Waals surface area (Å²) in [4.78, 5) is 13.5.